The van der Waals surface area contributed by atoms with Gasteiger partial charge in [0.25, 0.3) is 0 Å². The second kappa shape index (κ2) is 5.36. The third-order valence-electron chi connectivity index (χ3n) is 3.31. The first-order valence-corrected chi connectivity index (χ1v) is 6.26. The number of rotatable bonds is 4. The summed E-state index contributed by atoms with van der Waals surface area (Å²) in [5, 5.41) is 0. The van der Waals surface area contributed by atoms with Gasteiger partial charge in [-0.3, -0.25) is 0 Å². The zero-order valence-corrected chi connectivity index (χ0v) is 10.9. The fraction of sp³-hybridized carbons (Fsp3) is 0.333. The molecule has 96 valence electrons. The molecule has 0 aliphatic rings. The van der Waals surface area contributed by atoms with Crippen LogP contribution in [0.25, 0.3) is 0 Å². The molecule has 1 unspecified atom stereocenters. The highest BCUT2D eigenvalue weighted by molar-refractivity contribution is 5.27. The average Bonchev–Trinajstić information content (AvgIpc) is 2.81. The molecule has 0 fully saturated rings. The van der Waals surface area contributed by atoms with Crippen molar-refractivity contribution in [1.29, 1.82) is 0 Å². The first-order chi connectivity index (χ1) is 8.60. The van der Waals surface area contributed by atoms with Crippen LogP contribution in [0.3, 0.4) is 0 Å². The molecule has 0 saturated carbocycles. The van der Waals surface area contributed by atoms with E-state index in [2.05, 4.69) is 6.92 Å². The second-order valence-corrected chi connectivity index (χ2v) is 4.70. The lowest BCUT2D eigenvalue weighted by Crippen LogP contribution is -2.07. The topological polar surface area (TPSA) is 30.9 Å². The molecule has 0 aliphatic carbocycles. The fourth-order valence-electron chi connectivity index (χ4n) is 2.02. The zero-order valence-electron chi connectivity index (χ0n) is 10.9. The normalized spacial score (nSPS) is 12.7. The molecule has 18 heavy (non-hydrogen) atoms. The summed E-state index contributed by atoms with van der Waals surface area (Å²) in [4.78, 5) is 0. The van der Waals surface area contributed by atoms with Crippen molar-refractivity contribution in [1.82, 2.24) is 4.57 Å². The van der Waals surface area contributed by atoms with E-state index >= 15 is 0 Å². The first kappa shape index (κ1) is 12.8. The van der Waals surface area contributed by atoms with E-state index in [-0.39, 0.29) is 11.9 Å². The molecule has 1 aromatic heterocycles. The number of nitrogens with two attached hydrogens (primary N) is 1. The predicted octanol–water partition coefficient (Wildman–Crippen LogP) is 3.39. The molecule has 0 amide bonds. The summed E-state index contributed by atoms with van der Waals surface area (Å²) in [7, 11) is 0. The molecule has 2 rings (SSSR count). The van der Waals surface area contributed by atoms with Gasteiger partial charge in [0.05, 0.1) is 0 Å². The van der Waals surface area contributed by atoms with E-state index < -0.39 is 0 Å². The number of halogens is 1. The van der Waals surface area contributed by atoms with Crippen LogP contribution >= 0.6 is 0 Å². The number of nitrogens with zero attached hydrogens (tertiary/aromatic N) is 1. The summed E-state index contributed by atoms with van der Waals surface area (Å²) < 4.78 is 15.3. The minimum atomic E-state index is -0.187. The minimum Gasteiger partial charge on any atom is -0.350 e. The molecule has 1 aromatic carbocycles. The van der Waals surface area contributed by atoms with Crippen molar-refractivity contribution in [2.24, 2.45) is 5.73 Å². The van der Waals surface area contributed by atoms with E-state index in [1.165, 1.54) is 6.07 Å². The highest BCUT2D eigenvalue weighted by atomic mass is 19.1. The van der Waals surface area contributed by atoms with Gasteiger partial charge in [-0.25, -0.2) is 4.39 Å². The van der Waals surface area contributed by atoms with Crippen molar-refractivity contribution >= 4 is 0 Å². The Hall–Kier alpha value is -1.61. The molecular weight excluding hydrogens is 227 g/mol. The van der Waals surface area contributed by atoms with Gasteiger partial charge in [0.15, 0.2) is 0 Å². The van der Waals surface area contributed by atoms with Crippen molar-refractivity contribution in [3.8, 4) is 0 Å². The molecule has 1 heterocycles. The van der Waals surface area contributed by atoms with Crippen molar-refractivity contribution < 1.29 is 4.39 Å². The Kier molecular flexibility index (Phi) is 3.82. The molecule has 0 spiro atoms. The van der Waals surface area contributed by atoms with Crippen molar-refractivity contribution in [2.45, 2.75) is 32.9 Å². The van der Waals surface area contributed by atoms with E-state index in [0.717, 1.165) is 23.1 Å². The van der Waals surface area contributed by atoms with E-state index in [1.54, 1.807) is 6.07 Å². The Morgan fingerprint density at radius 2 is 2.11 bits per heavy atom. The SMILES string of the molecule is CCC(N)c1ccn(Cc2cc(F)ccc2C)c1. The van der Waals surface area contributed by atoms with Gasteiger partial charge in [-0.05, 0) is 48.2 Å². The van der Waals surface area contributed by atoms with Crippen LogP contribution in [0.4, 0.5) is 4.39 Å². The van der Waals surface area contributed by atoms with Gasteiger partial charge in [-0.2, -0.15) is 0 Å². The molecule has 0 radical (unpaired) electrons. The maximum Gasteiger partial charge on any atom is 0.123 e. The Labute approximate surface area is 107 Å². The maximum atomic E-state index is 13.2. The lowest BCUT2D eigenvalue weighted by Gasteiger charge is -2.08. The third kappa shape index (κ3) is 2.79. The number of hydrogen-bond donors (Lipinski definition) is 1. The molecule has 3 heteroatoms. The summed E-state index contributed by atoms with van der Waals surface area (Å²) in [5.74, 6) is -0.187. The summed E-state index contributed by atoms with van der Waals surface area (Å²) in [6.07, 6.45) is 4.96. The zero-order chi connectivity index (χ0) is 13.1. The van der Waals surface area contributed by atoms with Crippen LogP contribution < -0.4 is 5.73 Å². The van der Waals surface area contributed by atoms with Crippen LogP contribution in [0.15, 0.2) is 36.7 Å². The maximum absolute atomic E-state index is 13.2. The van der Waals surface area contributed by atoms with Crippen LogP contribution in [0.2, 0.25) is 0 Å². The van der Waals surface area contributed by atoms with Crippen LogP contribution in [-0.2, 0) is 6.54 Å². The first-order valence-electron chi connectivity index (χ1n) is 6.26. The van der Waals surface area contributed by atoms with Gasteiger partial charge in [-0.1, -0.05) is 13.0 Å². The predicted molar refractivity (Wildman–Crippen MR) is 71.9 cm³/mol. The van der Waals surface area contributed by atoms with E-state index in [4.69, 9.17) is 5.73 Å². The monoisotopic (exact) mass is 246 g/mol. The van der Waals surface area contributed by atoms with Crippen LogP contribution in [-0.4, -0.2) is 4.57 Å². The summed E-state index contributed by atoms with van der Waals surface area (Å²) in [6, 6.07) is 7.01. The third-order valence-corrected chi connectivity index (χ3v) is 3.31. The Bertz CT molecular complexity index is 531. The molecule has 0 aliphatic heterocycles. The van der Waals surface area contributed by atoms with E-state index in [9.17, 15) is 4.39 Å². The van der Waals surface area contributed by atoms with Gasteiger partial charge in [0, 0.05) is 25.0 Å². The smallest absolute Gasteiger partial charge is 0.123 e. The number of benzene rings is 1. The molecule has 0 saturated heterocycles. The molecule has 2 aromatic rings. The van der Waals surface area contributed by atoms with E-state index in [0.29, 0.717) is 6.54 Å². The molecule has 1 atom stereocenters. The lowest BCUT2D eigenvalue weighted by molar-refractivity contribution is 0.622. The van der Waals surface area contributed by atoms with Gasteiger partial charge in [0.2, 0.25) is 0 Å². The average molecular weight is 246 g/mol. The highest BCUT2D eigenvalue weighted by Gasteiger charge is 2.06. The van der Waals surface area contributed by atoms with E-state index in [1.807, 2.05) is 36.0 Å². The Morgan fingerprint density at radius 1 is 1.33 bits per heavy atom. The van der Waals surface area contributed by atoms with Crippen molar-refractivity contribution in [3.05, 3.63) is 59.2 Å². The number of aryl methyl sites for hydroxylation is 1. The van der Waals surface area contributed by atoms with Crippen molar-refractivity contribution in [2.75, 3.05) is 0 Å². The largest absolute Gasteiger partial charge is 0.350 e. The lowest BCUT2D eigenvalue weighted by atomic mass is 10.1. The van der Waals surface area contributed by atoms with Gasteiger partial charge in [-0.15, -0.1) is 0 Å². The van der Waals surface area contributed by atoms with Gasteiger partial charge >= 0.3 is 0 Å². The van der Waals surface area contributed by atoms with Gasteiger partial charge < -0.3 is 10.3 Å². The highest BCUT2D eigenvalue weighted by Crippen LogP contribution is 2.16. The van der Waals surface area contributed by atoms with Gasteiger partial charge in [0.1, 0.15) is 5.82 Å². The van der Waals surface area contributed by atoms with Crippen LogP contribution in [0.1, 0.15) is 36.1 Å². The van der Waals surface area contributed by atoms with Crippen molar-refractivity contribution in [3.63, 3.8) is 0 Å². The fourth-order valence-corrected chi connectivity index (χ4v) is 2.02. The molecular formula is C15H19FN2. The second-order valence-electron chi connectivity index (χ2n) is 4.70. The summed E-state index contributed by atoms with van der Waals surface area (Å²) >= 11 is 0. The Morgan fingerprint density at radius 3 is 2.83 bits per heavy atom. The molecule has 2 nitrogen and oxygen atoms in total. The molecule has 2 N–H and O–H groups in total. The number of hydrogen-bond acceptors (Lipinski definition) is 1. The number of aromatic nitrogens is 1. The minimum absolute atomic E-state index is 0.0832. The Balaban J connectivity index is 2.18. The summed E-state index contributed by atoms with van der Waals surface area (Å²) in [6.45, 7) is 4.75. The quantitative estimate of drug-likeness (QED) is 0.880. The standard InChI is InChI=1S/C15H19FN2/c1-3-15(17)12-6-7-18(9-12)10-13-8-14(16)5-4-11(13)2/h4-9,15H,3,10,17H2,1-2H3. The van der Waals surface area contributed by atoms with Crippen LogP contribution in [0, 0.1) is 12.7 Å². The van der Waals surface area contributed by atoms with Crippen LogP contribution in [0.5, 0.6) is 0 Å². The molecule has 0 bridgehead atoms. The summed E-state index contributed by atoms with van der Waals surface area (Å²) in [5.41, 5.74) is 9.22.